The van der Waals surface area contributed by atoms with Crippen LogP contribution in [0.5, 0.6) is 5.75 Å². The van der Waals surface area contributed by atoms with Gasteiger partial charge in [0.2, 0.25) is 0 Å². The molecule has 2 rings (SSSR count). The quantitative estimate of drug-likeness (QED) is 0.913. The number of halogens is 1. The van der Waals surface area contributed by atoms with E-state index in [9.17, 15) is 0 Å². The largest absolute Gasteiger partial charge is 0.496 e. The minimum atomic E-state index is 0.473. The van der Waals surface area contributed by atoms with Crippen LogP contribution in [0.15, 0.2) is 36.4 Å². The molecule has 2 nitrogen and oxygen atoms in total. The van der Waals surface area contributed by atoms with Crippen molar-refractivity contribution < 1.29 is 4.74 Å². The molecule has 2 aromatic carbocycles. The second-order valence-corrected chi connectivity index (χ2v) is 4.63. The van der Waals surface area contributed by atoms with Gasteiger partial charge in [-0.25, -0.2) is 0 Å². The molecule has 0 radical (unpaired) electrons. The Labute approximate surface area is 112 Å². The van der Waals surface area contributed by atoms with Crippen LogP contribution in [-0.2, 0) is 6.54 Å². The summed E-state index contributed by atoms with van der Waals surface area (Å²) in [6.07, 6.45) is 0. The Bertz CT molecular complexity index is 566. The van der Waals surface area contributed by atoms with Gasteiger partial charge in [-0.3, -0.25) is 0 Å². The van der Waals surface area contributed by atoms with Gasteiger partial charge in [0.25, 0.3) is 0 Å². The van der Waals surface area contributed by atoms with Crippen LogP contribution in [0.3, 0.4) is 0 Å². The molecule has 0 unspecified atom stereocenters. The summed E-state index contributed by atoms with van der Waals surface area (Å²) in [6.45, 7) is 2.50. The molecule has 18 heavy (non-hydrogen) atoms. The number of hydrogen-bond acceptors (Lipinski definition) is 2. The number of rotatable bonds is 3. The minimum Gasteiger partial charge on any atom is -0.496 e. The number of hydrogen-bond donors (Lipinski definition) is 1. The number of nitrogens with two attached hydrogens (primary N) is 1. The summed E-state index contributed by atoms with van der Waals surface area (Å²) >= 11 is 5.99. The standard InChI is InChI=1S/C15H16ClNO/c1-10-7-11(3-6-15(10)18-2)14-5-4-13(16)8-12(14)9-17/h3-8H,9,17H2,1-2H3. The summed E-state index contributed by atoms with van der Waals surface area (Å²) < 4.78 is 5.27. The molecule has 0 saturated heterocycles. The highest BCUT2D eigenvalue weighted by molar-refractivity contribution is 6.30. The van der Waals surface area contributed by atoms with Crippen molar-refractivity contribution in [2.24, 2.45) is 5.73 Å². The van der Waals surface area contributed by atoms with Gasteiger partial charge in [-0.1, -0.05) is 23.7 Å². The summed E-state index contributed by atoms with van der Waals surface area (Å²) in [5.41, 5.74) is 10.2. The highest BCUT2D eigenvalue weighted by atomic mass is 35.5. The Morgan fingerprint density at radius 1 is 1.17 bits per heavy atom. The molecule has 3 heteroatoms. The smallest absolute Gasteiger partial charge is 0.121 e. The third-order valence-electron chi connectivity index (χ3n) is 2.99. The Balaban J connectivity index is 2.51. The van der Waals surface area contributed by atoms with Crippen molar-refractivity contribution >= 4 is 11.6 Å². The molecule has 0 atom stereocenters. The summed E-state index contributed by atoms with van der Waals surface area (Å²) in [6, 6.07) is 11.9. The monoisotopic (exact) mass is 261 g/mol. The van der Waals surface area contributed by atoms with Crippen molar-refractivity contribution in [1.82, 2.24) is 0 Å². The third kappa shape index (κ3) is 2.50. The lowest BCUT2D eigenvalue weighted by Gasteiger charge is -2.11. The van der Waals surface area contributed by atoms with Gasteiger partial charge in [-0.05, 0) is 53.4 Å². The van der Waals surface area contributed by atoms with E-state index in [-0.39, 0.29) is 0 Å². The van der Waals surface area contributed by atoms with Gasteiger partial charge in [0, 0.05) is 11.6 Å². The zero-order valence-electron chi connectivity index (χ0n) is 10.5. The van der Waals surface area contributed by atoms with Gasteiger partial charge < -0.3 is 10.5 Å². The topological polar surface area (TPSA) is 35.2 Å². The van der Waals surface area contributed by atoms with Gasteiger partial charge in [-0.15, -0.1) is 0 Å². The predicted molar refractivity (Wildman–Crippen MR) is 76.1 cm³/mol. The van der Waals surface area contributed by atoms with Crippen molar-refractivity contribution in [2.45, 2.75) is 13.5 Å². The van der Waals surface area contributed by atoms with Crippen molar-refractivity contribution in [3.05, 3.63) is 52.5 Å². The second kappa shape index (κ2) is 5.42. The molecule has 0 saturated carbocycles. The summed E-state index contributed by atoms with van der Waals surface area (Å²) in [5.74, 6) is 0.891. The lowest BCUT2D eigenvalue weighted by atomic mass is 9.98. The van der Waals surface area contributed by atoms with Crippen LogP contribution >= 0.6 is 11.6 Å². The second-order valence-electron chi connectivity index (χ2n) is 4.19. The van der Waals surface area contributed by atoms with Crippen molar-refractivity contribution in [1.29, 1.82) is 0 Å². The minimum absolute atomic E-state index is 0.473. The third-order valence-corrected chi connectivity index (χ3v) is 3.23. The Morgan fingerprint density at radius 2 is 1.94 bits per heavy atom. The normalized spacial score (nSPS) is 10.4. The Kier molecular flexibility index (Phi) is 3.90. The summed E-state index contributed by atoms with van der Waals surface area (Å²) in [7, 11) is 1.68. The molecule has 0 aromatic heterocycles. The van der Waals surface area contributed by atoms with E-state index in [1.165, 1.54) is 0 Å². The lowest BCUT2D eigenvalue weighted by Crippen LogP contribution is -1.99. The van der Waals surface area contributed by atoms with Crippen LogP contribution in [0, 0.1) is 6.92 Å². The highest BCUT2D eigenvalue weighted by Crippen LogP contribution is 2.29. The maximum absolute atomic E-state index is 5.99. The average molecular weight is 262 g/mol. The molecule has 0 bridgehead atoms. The van der Waals surface area contributed by atoms with E-state index in [4.69, 9.17) is 22.1 Å². The maximum atomic E-state index is 5.99. The Morgan fingerprint density at radius 3 is 2.56 bits per heavy atom. The molecule has 0 heterocycles. The van der Waals surface area contributed by atoms with Crippen LogP contribution in [0.4, 0.5) is 0 Å². The first-order valence-corrected chi connectivity index (χ1v) is 6.17. The first kappa shape index (κ1) is 12.9. The molecule has 0 aliphatic rings. The Hall–Kier alpha value is -1.51. The summed E-state index contributed by atoms with van der Waals surface area (Å²) in [5, 5.41) is 0.712. The summed E-state index contributed by atoms with van der Waals surface area (Å²) in [4.78, 5) is 0. The molecule has 94 valence electrons. The van der Waals surface area contributed by atoms with Crippen molar-refractivity contribution in [2.75, 3.05) is 7.11 Å². The first-order valence-electron chi connectivity index (χ1n) is 5.79. The molecular formula is C15H16ClNO. The molecule has 2 N–H and O–H groups in total. The fraction of sp³-hybridized carbons (Fsp3) is 0.200. The van der Waals surface area contributed by atoms with E-state index in [1.54, 1.807) is 7.11 Å². The van der Waals surface area contributed by atoms with E-state index >= 15 is 0 Å². The van der Waals surface area contributed by atoms with Crippen LogP contribution in [0.1, 0.15) is 11.1 Å². The van der Waals surface area contributed by atoms with Crippen LogP contribution in [0.2, 0.25) is 5.02 Å². The zero-order valence-corrected chi connectivity index (χ0v) is 11.3. The van der Waals surface area contributed by atoms with Gasteiger partial charge in [-0.2, -0.15) is 0 Å². The molecule has 0 amide bonds. The highest BCUT2D eigenvalue weighted by Gasteiger charge is 2.07. The van der Waals surface area contributed by atoms with Gasteiger partial charge in [0.15, 0.2) is 0 Å². The van der Waals surface area contributed by atoms with Gasteiger partial charge in [0.05, 0.1) is 7.11 Å². The fourth-order valence-corrected chi connectivity index (χ4v) is 2.25. The molecule has 0 aliphatic heterocycles. The van der Waals surface area contributed by atoms with Gasteiger partial charge >= 0.3 is 0 Å². The van der Waals surface area contributed by atoms with E-state index in [1.807, 2.05) is 37.3 Å². The SMILES string of the molecule is COc1ccc(-c2ccc(Cl)cc2CN)cc1C. The molecule has 2 aromatic rings. The van der Waals surface area contributed by atoms with E-state index in [0.717, 1.165) is 28.0 Å². The van der Waals surface area contributed by atoms with Gasteiger partial charge in [0.1, 0.15) is 5.75 Å². The predicted octanol–water partition coefficient (Wildman–Crippen LogP) is 3.78. The average Bonchev–Trinajstić information content (AvgIpc) is 2.38. The van der Waals surface area contributed by atoms with Crippen molar-refractivity contribution in [3.8, 4) is 16.9 Å². The fourth-order valence-electron chi connectivity index (χ4n) is 2.06. The molecule has 0 aliphatic carbocycles. The van der Waals surface area contributed by atoms with E-state index in [0.29, 0.717) is 11.6 Å². The van der Waals surface area contributed by atoms with E-state index in [2.05, 4.69) is 6.07 Å². The number of aryl methyl sites for hydroxylation is 1. The van der Waals surface area contributed by atoms with Crippen LogP contribution in [-0.4, -0.2) is 7.11 Å². The van der Waals surface area contributed by atoms with Crippen molar-refractivity contribution in [3.63, 3.8) is 0 Å². The van der Waals surface area contributed by atoms with E-state index < -0.39 is 0 Å². The maximum Gasteiger partial charge on any atom is 0.121 e. The molecule has 0 fully saturated rings. The first-order chi connectivity index (χ1) is 8.65. The number of methoxy groups -OCH3 is 1. The molecular weight excluding hydrogens is 246 g/mol. The number of benzene rings is 2. The van der Waals surface area contributed by atoms with Crippen LogP contribution in [0.25, 0.3) is 11.1 Å². The zero-order chi connectivity index (χ0) is 13.1. The number of ether oxygens (including phenoxy) is 1. The van der Waals surface area contributed by atoms with Crippen LogP contribution < -0.4 is 10.5 Å². The molecule has 0 spiro atoms. The lowest BCUT2D eigenvalue weighted by molar-refractivity contribution is 0.412.